The van der Waals surface area contributed by atoms with Crippen LogP contribution in [0, 0.1) is 5.82 Å². The van der Waals surface area contributed by atoms with Gasteiger partial charge in [0.15, 0.2) is 6.10 Å². The molecule has 0 saturated carbocycles. The first-order valence-corrected chi connectivity index (χ1v) is 5.66. The van der Waals surface area contributed by atoms with Crippen molar-refractivity contribution >= 4 is 12.0 Å². The molecule has 1 aromatic carbocycles. The van der Waals surface area contributed by atoms with E-state index in [9.17, 15) is 14.0 Å². The van der Waals surface area contributed by atoms with Gasteiger partial charge in [-0.05, 0) is 17.7 Å². The van der Waals surface area contributed by atoms with Crippen molar-refractivity contribution in [2.75, 3.05) is 6.54 Å². The lowest BCUT2D eigenvalue weighted by atomic mass is 10.2. The van der Waals surface area contributed by atoms with Gasteiger partial charge in [-0.3, -0.25) is 0 Å². The molecule has 1 atom stereocenters. The van der Waals surface area contributed by atoms with Crippen LogP contribution in [0.25, 0.3) is 0 Å². The quantitative estimate of drug-likeness (QED) is 0.603. The first kappa shape index (κ1) is 14.9. The number of carbonyl (C=O) groups is 2. The summed E-state index contributed by atoms with van der Waals surface area (Å²) in [5, 5.41) is 22.2. The van der Waals surface area contributed by atoms with Crippen LogP contribution in [0.1, 0.15) is 12.0 Å². The normalized spacial score (nSPS) is 11.7. The topological polar surface area (TPSA) is 98.7 Å². The molecule has 0 saturated heterocycles. The van der Waals surface area contributed by atoms with Gasteiger partial charge in [0.1, 0.15) is 5.82 Å². The molecule has 1 aromatic rings. The Bertz CT molecular complexity index is 453. The van der Waals surface area contributed by atoms with E-state index in [0.717, 1.165) is 0 Å². The van der Waals surface area contributed by atoms with Crippen LogP contribution >= 0.6 is 0 Å². The summed E-state index contributed by atoms with van der Waals surface area (Å²) in [5.41, 5.74) is 0.612. The van der Waals surface area contributed by atoms with Crippen molar-refractivity contribution in [2.24, 2.45) is 0 Å². The molecule has 4 N–H and O–H groups in total. The van der Waals surface area contributed by atoms with Crippen molar-refractivity contribution in [1.82, 2.24) is 10.6 Å². The van der Waals surface area contributed by atoms with Gasteiger partial charge in [0.05, 0.1) is 0 Å². The smallest absolute Gasteiger partial charge is 0.332 e. The molecule has 6 nitrogen and oxygen atoms in total. The molecule has 0 heterocycles. The Hall–Kier alpha value is -2.15. The van der Waals surface area contributed by atoms with E-state index in [4.69, 9.17) is 10.2 Å². The van der Waals surface area contributed by atoms with Crippen molar-refractivity contribution in [1.29, 1.82) is 0 Å². The fourth-order valence-electron chi connectivity index (χ4n) is 1.34. The molecule has 1 rings (SSSR count). The lowest BCUT2D eigenvalue weighted by molar-refractivity contribution is -0.146. The van der Waals surface area contributed by atoms with Crippen molar-refractivity contribution in [2.45, 2.75) is 19.1 Å². The first-order valence-electron chi connectivity index (χ1n) is 5.66. The van der Waals surface area contributed by atoms with E-state index >= 15 is 0 Å². The molecule has 7 heteroatoms. The van der Waals surface area contributed by atoms with Gasteiger partial charge < -0.3 is 20.8 Å². The number of nitrogens with one attached hydrogen (secondary N) is 2. The molecule has 19 heavy (non-hydrogen) atoms. The Kier molecular flexibility index (Phi) is 5.74. The molecular formula is C12H15FN2O4. The molecule has 104 valence electrons. The maximum absolute atomic E-state index is 12.8. The number of aliphatic hydroxyl groups is 1. The Morgan fingerprint density at radius 3 is 2.68 bits per heavy atom. The second-order valence-corrected chi connectivity index (χ2v) is 3.88. The number of carboxylic acid groups (broad SMARTS) is 1. The predicted molar refractivity (Wildman–Crippen MR) is 64.9 cm³/mol. The lowest BCUT2D eigenvalue weighted by Gasteiger charge is -2.09. The Morgan fingerprint density at radius 1 is 1.32 bits per heavy atom. The SMILES string of the molecule is O=C(NCC[C@H](O)C(=O)O)NCc1cccc(F)c1. The summed E-state index contributed by atoms with van der Waals surface area (Å²) in [5.74, 6) is -1.72. The lowest BCUT2D eigenvalue weighted by Crippen LogP contribution is -2.37. The van der Waals surface area contributed by atoms with Crippen molar-refractivity contribution in [3.63, 3.8) is 0 Å². The number of rotatable bonds is 6. The average Bonchev–Trinajstić information content (AvgIpc) is 2.36. The highest BCUT2D eigenvalue weighted by molar-refractivity contribution is 5.74. The maximum atomic E-state index is 12.8. The number of halogens is 1. The number of carbonyl (C=O) groups excluding carboxylic acids is 1. The Balaban J connectivity index is 2.23. The number of hydrogen-bond donors (Lipinski definition) is 4. The van der Waals surface area contributed by atoms with Crippen LogP contribution in [0.5, 0.6) is 0 Å². The molecule has 0 aliphatic carbocycles. The fourth-order valence-corrected chi connectivity index (χ4v) is 1.34. The molecule has 0 bridgehead atoms. The van der Waals surface area contributed by atoms with Gasteiger partial charge in [0, 0.05) is 19.5 Å². The summed E-state index contributed by atoms with van der Waals surface area (Å²) in [4.78, 5) is 21.6. The molecule has 2 amide bonds. The zero-order chi connectivity index (χ0) is 14.3. The summed E-state index contributed by atoms with van der Waals surface area (Å²) in [7, 11) is 0. The number of amides is 2. The van der Waals surface area contributed by atoms with E-state index in [1.807, 2.05) is 0 Å². The van der Waals surface area contributed by atoms with Crippen LogP contribution in [0.2, 0.25) is 0 Å². The van der Waals surface area contributed by atoms with Gasteiger partial charge in [-0.15, -0.1) is 0 Å². The number of benzene rings is 1. The van der Waals surface area contributed by atoms with E-state index in [1.54, 1.807) is 6.07 Å². The van der Waals surface area contributed by atoms with Crippen LogP contribution in [0.3, 0.4) is 0 Å². The third kappa shape index (κ3) is 5.82. The predicted octanol–water partition coefficient (Wildman–Crippen LogP) is 0.461. The highest BCUT2D eigenvalue weighted by atomic mass is 19.1. The minimum absolute atomic E-state index is 0.0302. The molecule has 0 aliphatic rings. The summed E-state index contributed by atoms with van der Waals surface area (Å²) < 4.78 is 12.8. The average molecular weight is 270 g/mol. The minimum atomic E-state index is -1.50. The third-order valence-corrected chi connectivity index (χ3v) is 2.33. The van der Waals surface area contributed by atoms with Gasteiger partial charge in [0.2, 0.25) is 0 Å². The van der Waals surface area contributed by atoms with Crippen LogP contribution < -0.4 is 10.6 Å². The van der Waals surface area contributed by atoms with E-state index in [1.165, 1.54) is 18.2 Å². The van der Waals surface area contributed by atoms with Gasteiger partial charge in [-0.25, -0.2) is 14.0 Å². The molecule has 0 unspecified atom stereocenters. The molecular weight excluding hydrogens is 255 g/mol. The van der Waals surface area contributed by atoms with Crippen molar-refractivity contribution in [3.05, 3.63) is 35.6 Å². The first-order chi connectivity index (χ1) is 8.99. The second kappa shape index (κ2) is 7.32. The fraction of sp³-hybridized carbons (Fsp3) is 0.333. The van der Waals surface area contributed by atoms with Crippen LogP contribution in [0.15, 0.2) is 24.3 Å². The van der Waals surface area contributed by atoms with Crippen LogP contribution in [-0.4, -0.2) is 34.9 Å². The molecule has 0 spiro atoms. The van der Waals surface area contributed by atoms with Crippen molar-refractivity contribution < 1.29 is 24.2 Å². The van der Waals surface area contributed by atoms with E-state index in [-0.39, 0.29) is 25.3 Å². The third-order valence-electron chi connectivity index (χ3n) is 2.33. The summed E-state index contributed by atoms with van der Waals surface area (Å²) in [6, 6.07) is 5.29. The van der Waals surface area contributed by atoms with Crippen molar-refractivity contribution in [3.8, 4) is 0 Å². The number of aliphatic hydroxyl groups excluding tert-OH is 1. The highest BCUT2D eigenvalue weighted by Crippen LogP contribution is 2.02. The molecule has 0 aromatic heterocycles. The Morgan fingerprint density at radius 2 is 2.05 bits per heavy atom. The number of urea groups is 1. The van der Waals surface area contributed by atoms with E-state index in [2.05, 4.69) is 10.6 Å². The highest BCUT2D eigenvalue weighted by Gasteiger charge is 2.12. The van der Waals surface area contributed by atoms with E-state index < -0.39 is 18.1 Å². The molecule has 0 aliphatic heterocycles. The molecule has 0 radical (unpaired) electrons. The van der Waals surface area contributed by atoms with Crippen LogP contribution in [0.4, 0.5) is 9.18 Å². The maximum Gasteiger partial charge on any atom is 0.332 e. The zero-order valence-corrected chi connectivity index (χ0v) is 10.1. The van der Waals surface area contributed by atoms with Gasteiger partial charge in [-0.1, -0.05) is 12.1 Å². The minimum Gasteiger partial charge on any atom is -0.479 e. The zero-order valence-electron chi connectivity index (χ0n) is 10.1. The number of hydrogen-bond acceptors (Lipinski definition) is 3. The number of aliphatic carboxylic acids is 1. The Labute approximate surface area is 109 Å². The summed E-state index contributed by atoms with van der Waals surface area (Å²) in [6.07, 6.45) is -1.58. The molecule has 0 fully saturated rings. The summed E-state index contributed by atoms with van der Waals surface area (Å²) >= 11 is 0. The standard InChI is InChI=1S/C12H15FN2O4/c13-9-3-1-2-8(6-9)7-15-12(19)14-5-4-10(16)11(17)18/h1-3,6,10,16H,4-5,7H2,(H,17,18)(H2,14,15,19)/t10-/m0/s1. The van der Waals surface area contributed by atoms with Gasteiger partial charge >= 0.3 is 12.0 Å². The summed E-state index contributed by atoms with van der Waals surface area (Å²) in [6.45, 7) is 0.188. The van der Waals surface area contributed by atoms with Crippen LogP contribution in [-0.2, 0) is 11.3 Å². The monoisotopic (exact) mass is 270 g/mol. The van der Waals surface area contributed by atoms with E-state index in [0.29, 0.717) is 5.56 Å². The van der Waals surface area contributed by atoms with Gasteiger partial charge in [-0.2, -0.15) is 0 Å². The second-order valence-electron chi connectivity index (χ2n) is 3.88. The van der Waals surface area contributed by atoms with Gasteiger partial charge in [0.25, 0.3) is 0 Å². The largest absolute Gasteiger partial charge is 0.479 e. The number of carboxylic acids is 1.